The minimum Gasteiger partial charge on any atom is -0.378 e. The van der Waals surface area contributed by atoms with Gasteiger partial charge in [-0.15, -0.1) is 5.10 Å². The molecule has 0 spiro atoms. The number of rotatable bonds is 5. The maximum absolute atomic E-state index is 12.8. The van der Waals surface area contributed by atoms with Crippen LogP contribution >= 0.6 is 0 Å². The number of hydrogen-bond acceptors (Lipinski definition) is 7. The fourth-order valence-electron chi connectivity index (χ4n) is 4.12. The quantitative estimate of drug-likeness (QED) is 0.650. The van der Waals surface area contributed by atoms with E-state index in [1.165, 1.54) is 0 Å². The first kappa shape index (κ1) is 18.0. The van der Waals surface area contributed by atoms with E-state index < -0.39 is 0 Å². The third-order valence-electron chi connectivity index (χ3n) is 5.54. The largest absolute Gasteiger partial charge is 0.378 e. The highest BCUT2D eigenvalue weighted by molar-refractivity contribution is 5.97. The summed E-state index contributed by atoms with van der Waals surface area (Å²) in [5.74, 6) is -0.522. The average molecular weight is 381 g/mol. The molecule has 1 fully saturated rings. The van der Waals surface area contributed by atoms with Crippen molar-refractivity contribution in [1.82, 2.24) is 14.8 Å². The van der Waals surface area contributed by atoms with E-state index in [0.717, 1.165) is 16.8 Å². The maximum atomic E-state index is 12.8. The molecular formula is C19H23N7O2. The Labute approximate surface area is 162 Å². The monoisotopic (exact) mass is 381 g/mol. The first-order chi connectivity index (χ1) is 13.3. The summed E-state index contributed by atoms with van der Waals surface area (Å²) in [4.78, 5) is 30.7. The van der Waals surface area contributed by atoms with Gasteiger partial charge in [0, 0.05) is 31.4 Å². The highest BCUT2D eigenvalue weighted by Crippen LogP contribution is 2.44. The van der Waals surface area contributed by atoms with Crippen molar-refractivity contribution in [3.63, 3.8) is 0 Å². The van der Waals surface area contributed by atoms with Crippen LogP contribution in [0.5, 0.6) is 0 Å². The van der Waals surface area contributed by atoms with Gasteiger partial charge in [-0.25, -0.2) is 0 Å². The van der Waals surface area contributed by atoms with Gasteiger partial charge in [-0.3, -0.25) is 9.59 Å². The summed E-state index contributed by atoms with van der Waals surface area (Å²) in [5.41, 5.74) is 12.9. The van der Waals surface area contributed by atoms with Crippen molar-refractivity contribution in [3.8, 4) is 0 Å². The number of fused-ring (bicyclic) bond motifs is 2. The Hall–Kier alpha value is -3.36. The van der Waals surface area contributed by atoms with Crippen LogP contribution in [-0.4, -0.2) is 46.7 Å². The third-order valence-corrected chi connectivity index (χ3v) is 5.54. The molecule has 28 heavy (non-hydrogen) atoms. The van der Waals surface area contributed by atoms with Gasteiger partial charge in [-0.2, -0.15) is 9.67 Å². The zero-order valence-corrected chi connectivity index (χ0v) is 15.7. The van der Waals surface area contributed by atoms with Crippen molar-refractivity contribution >= 4 is 29.4 Å². The van der Waals surface area contributed by atoms with Crippen LogP contribution in [0.2, 0.25) is 0 Å². The molecule has 0 saturated heterocycles. The van der Waals surface area contributed by atoms with Crippen molar-refractivity contribution in [3.05, 3.63) is 42.0 Å². The summed E-state index contributed by atoms with van der Waals surface area (Å²) >= 11 is 0. The summed E-state index contributed by atoms with van der Waals surface area (Å²) in [7, 11) is 3.85. The van der Waals surface area contributed by atoms with E-state index in [9.17, 15) is 9.59 Å². The topological polar surface area (TPSA) is 132 Å². The number of primary amides is 1. The van der Waals surface area contributed by atoms with Crippen LogP contribution in [0.1, 0.15) is 16.8 Å². The van der Waals surface area contributed by atoms with Gasteiger partial charge in [0.2, 0.25) is 17.8 Å². The number of allylic oxidation sites excluding steroid dienone is 1. The molecule has 2 aliphatic carbocycles. The molecular weight excluding hydrogens is 358 g/mol. The van der Waals surface area contributed by atoms with Crippen LogP contribution in [0.15, 0.2) is 36.4 Å². The predicted molar refractivity (Wildman–Crippen MR) is 106 cm³/mol. The van der Waals surface area contributed by atoms with E-state index in [1.54, 1.807) is 12.1 Å². The number of nitrogens with zero attached hydrogens (tertiary/aromatic N) is 4. The Bertz CT molecular complexity index is 948. The molecule has 146 valence electrons. The van der Waals surface area contributed by atoms with Gasteiger partial charge in [0.25, 0.3) is 5.91 Å². The molecule has 0 radical (unpaired) electrons. The van der Waals surface area contributed by atoms with E-state index >= 15 is 0 Å². The summed E-state index contributed by atoms with van der Waals surface area (Å²) < 4.78 is 1.06. The fourth-order valence-corrected chi connectivity index (χ4v) is 4.12. The lowest BCUT2D eigenvalue weighted by Gasteiger charge is -2.25. The summed E-state index contributed by atoms with van der Waals surface area (Å²) in [5, 5.41) is 7.38. The number of nitrogen functional groups attached to an aromatic ring is 1. The number of aromatic nitrogens is 3. The van der Waals surface area contributed by atoms with Crippen LogP contribution in [-0.2, 0) is 4.79 Å². The third kappa shape index (κ3) is 2.98. The molecule has 1 amide bonds. The van der Waals surface area contributed by atoms with Crippen molar-refractivity contribution in [1.29, 1.82) is 0 Å². The Balaban J connectivity index is 1.54. The van der Waals surface area contributed by atoms with Gasteiger partial charge < -0.3 is 21.7 Å². The number of nitrogens with two attached hydrogens (primary N) is 2. The highest BCUT2D eigenvalue weighted by atomic mass is 16.2. The van der Waals surface area contributed by atoms with Gasteiger partial charge >= 0.3 is 0 Å². The lowest BCUT2D eigenvalue weighted by atomic mass is 9.88. The molecule has 4 atom stereocenters. The first-order valence-corrected chi connectivity index (χ1v) is 9.14. The minimum absolute atomic E-state index is 0.0153. The molecule has 0 aliphatic heterocycles. The second-order valence-corrected chi connectivity index (χ2v) is 7.50. The van der Waals surface area contributed by atoms with Gasteiger partial charge in [0.15, 0.2) is 0 Å². The number of amides is 1. The minimum atomic E-state index is -0.373. The number of benzene rings is 1. The van der Waals surface area contributed by atoms with Crippen molar-refractivity contribution < 1.29 is 9.59 Å². The molecule has 2 aliphatic rings. The molecule has 1 saturated carbocycles. The predicted octanol–water partition coefficient (Wildman–Crippen LogP) is 0.703. The van der Waals surface area contributed by atoms with E-state index in [-0.39, 0.29) is 47.5 Å². The van der Waals surface area contributed by atoms with E-state index in [4.69, 9.17) is 11.5 Å². The maximum Gasteiger partial charge on any atom is 0.281 e. The zero-order chi connectivity index (χ0) is 20.0. The zero-order valence-electron chi connectivity index (χ0n) is 15.7. The summed E-state index contributed by atoms with van der Waals surface area (Å²) in [6.07, 6.45) is 5.00. The van der Waals surface area contributed by atoms with Crippen molar-refractivity contribution in [2.75, 3.05) is 30.0 Å². The molecule has 4 unspecified atom stereocenters. The SMILES string of the molecule is CN(C)c1ccc(C(=O)n2nc(NC3C4C=CC(C4)C3C(N)=O)nc2N)cc1. The number of nitrogens with one attached hydrogen (secondary N) is 1. The van der Waals surface area contributed by atoms with Crippen LogP contribution in [0.3, 0.4) is 0 Å². The smallest absolute Gasteiger partial charge is 0.281 e. The molecule has 1 heterocycles. The van der Waals surface area contributed by atoms with Gasteiger partial charge in [-0.05, 0) is 42.5 Å². The molecule has 1 aromatic carbocycles. The van der Waals surface area contributed by atoms with Crippen molar-refractivity contribution in [2.24, 2.45) is 23.5 Å². The van der Waals surface area contributed by atoms with E-state index in [2.05, 4.69) is 21.5 Å². The van der Waals surface area contributed by atoms with E-state index in [0.29, 0.717) is 5.56 Å². The van der Waals surface area contributed by atoms with Gasteiger partial charge in [-0.1, -0.05) is 12.2 Å². The molecule has 9 heteroatoms. The Morgan fingerprint density at radius 1 is 1.18 bits per heavy atom. The standard InChI is InChI=1S/C19H23N7O2/c1-25(2)13-7-5-10(6-8-13)17(28)26-18(21)23-19(24-26)22-15-12-4-3-11(9-12)14(15)16(20)27/h3-8,11-12,14-15H,9H2,1-2H3,(H2,20,27)(H3,21,22,23,24). The summed E-state index contributed by atoms with van der Waals surface area (Å²) in [6, 6.07) is 6.93. The number of hydrogen-bond donors (Lipinski definition) is 3. The molecule has 5 N–H and O–H groups in total. The van der Waals surface area contributed by atoms with Crippen LogP contribution in [0, 0.1) is 17.8 Å². The number of carbonyl (C=O) groups is 2. The first-order valence-electron chi connectivity index (χ1n) is 9.14. The summed E-state index contributed by atoms with van der Waals surface area (Å²) in [6.45, 7) is 0. The number of carbonyl (C=O) groups excluding carboxylic acids is 2. The Kier molecular flexibility index (Phi) is 4.29. The average Bonchev–Trinajstić information content (AvgIpc) is 3.36. The van der Waals surface area contributed by atoms with Gasteiger partial charge in [0.1, 0.15) is 0 Å². The van der Waals surface area contributed by atoms with Crippen LogP contribution in [0.25, 0.3) is 0 Å². The van der Waals surface area contributed by atoms with Crippen molar-refractivity contribution in [2.45, 2.75) is 12.5 Å². The van der Waals surface area contributed by atoms with Crippen LogP contribution < -0.4 is 21.7 Å². The molecule has 2 aromatic rings. The van der Waals surface area contributed by atoms with Crippen LogP contribution in [0.4, 0.5) is 17.6 Å². The van der Waals surface area contributed by atoms with E-state index in [1.807, 2.05) is 37.2 Å². The second-order valence-electron chi connectivity index (χ2n) is 7.50. The Morgan fingerprint density at radius 2 is 1.86 bits per heavy atom. The highest BCUT2D eigenvalue weighted by Gasteiger charge is 2.47. The number of anilines is 3. The molecule has 4 rings (SSSR count). The normalized spacial score (nSPS) is 25.1. The molecule has 9 nitrogen and oxygen atoms in total. The fraction of sp³-hybridized carbons (Fsp3) is 0.368. The molecule has 1 aromatic heterocycles. The lowest BCUT2D eigenvalue weighted by molar-refractivity contribution is -0.122. The molecule has 2 bridgehead atoms. The Morgan fingerprint density at radius 3 is 2.50 bits per heavy atom. The lowest BCUT2D eigenvalue weighted by Crippen LogP contribution is -2.41. The second kappa shape index (κ2) is 6.66. The van der Waals surface area contributed by atoms with Gasteiger partial charge in [0.05, 0.1) is 5.92 Å².